The molecule has 43 heavy (non-hydrogen) atoms. The predicted molar refractivity (Wildman–Crippen MR) is 173 cm³/mol. The first-order valence-corrected chi connectivity index (χ1v) is 16.0. The van der Waals surface area contributed by atoms with Crippen LogP contribution in [0.15, 0.2) is 126 Å². The van der Waals surface area contributed by atoms with E-state index in [1.807, 2.05) is 78.9 Å². The van der Waals surface area contributed by atoms with E-state index >= 15 is 0 Å². The molecule has 0 radical (unpaired) electrons. The molecular formula is C32H21ClN4O3S3. The van der Waals surface area contributed by atoms with Gasteiger partial charge in [0.05, 0.1) is 32.1 Å². The summed E-state index contributed by atoms with van der Waals surface area (Å²) in [7, 11) is 0. The van der Waals surface area contributed by atoms with Crippen molar-refractivity contribution in [2.45, 2.75) is 22.4 Å². The third-order valence-electron chi connectivity index (χ3n) is 6.82. The molecule has 0 saturated carbocycles. The normalized spacial score (nSPS) is 15.0. The number of allylic oxidation sites excluding steroid dienone is 1. The zero-order valence-electron chi connectivity index (χ0n) is 22.5. The van der Waals surface area contributed by atoms with Crippen LogP contribution in [-0.2, 0) is 4.79 Å². The van der Waals surface area contributed by atoms with E-state index in [0.29, 0.717) is 42.2 Å². The minimum absolute atomic E-state index is 0.266. The summed E-state index contributed by atoms with van der Waals surface area (Å²) in [5.41, 5.74) is 3.00. The standard InChI is InChI=1S/C32H21ClN4O3S3/c1-18-27(29(38)35-21-7-3-2-4-8-21)28(19-11-13-20(33)14-12-19)37-30(39)25(41-31(37)34-18)17-22-15-16-26(40-22)43-32-36-23-9-5-6-10-24(23)42-32/h2-17,28H,1H3,(H,35,38)/b25-17-/t28-/m1/s1. The van der Waals surface area contributed by atoms with Crippen LogP contribution < -0.4 is 20.2 Å². The molecule has 1 aliphatic heterocycles. The second kappa shape index (κ2) is 11.5. The Morgan fingerprint density at radius 3 is 2.56 bits per heavy atom. The molecule has 6 aromatic rings. The maximum atomic E-state index is 13.9. The average molecular weight is 641 g/mol. The number of aromatic nitrogens is 2. The van der Waals surface area contributed by atoms with Gasteiger partial charge >= 0.3 is 0 Å². The van der Waals surface area contributed by atoms with Crippen LogP contribution in [0.2, 0.25) is 5.02 Å². The maximum Gasteiger partial charge on any atom is 0.271 e. The summed E-state index contributed by atoms with van der Waals surface area (Å²) in [5.74, 6) is 0.207. The van der Waals surface area contributed by atoms with Crippen molar-refractivity contribution in [1.29, 1.82) is 0 Å². The minimum atomic E-state index is -0.693. The van der Waals surface area contributed by atoms with E-state index in [9.17, 15) is 9.59 Å². The van der Waals surface area contributed by atoms with Gasteiger partial charge in [-0.2, -0.15) is 0 Å². The second-order valence-corrected chi connectivity index (χ2v) is 13.4. The number of rotatable bonds is 6. The summed E-state index contributed by atoms with van der Waals surface area (Å²) in [6.07, 6.45) is 1.72. The zero-order valence-corrected chi connectivity index (χ0v) is 25.7. The summed E-state index contributed by atoms with van der Waals surface area (Å²) in [4.78, 5) is 37.5. The summed E-state index contributed by atoms with van der Waals surface area (Å²) >= 11 is 10.5. The molecular weight excluding hydrogens is 620 g/mol. The van der Waals surface area contributed by atoms with Crippen LogP contribution in [0.25, 0.3) is 16.3 Å². The topological polar surface area (TPSA) is 89.5 Å². The largest absolute Gasteiger partial charge is 0.450 e. The van der Waals surface area contributed by atoms with Crippen molar-refractivity contribution in [3.63, 3.8) is 0 Å². The molecule has 0 bridgehead atoms. The van der Waals surface area contributed by atoms with Crippen LogP contribution in [0, 0.1) is 0 Å². The van der Waals surface area contributed by atoms with Crippen LogP contribution in [0.5, 0.6) is 0 Å². The molecule has 4 heterocycles. The third kappa shape index (κ3) is 5.50. The predicted octanol–water partition coefficient (Wildman–Crippen LogP) is 6.88. The van der Waals surface area contributed by atoms with Gasteiger partial charge in [0, 0.05) is 16.8 Å². The Morgan fingerprint density at radius 2 is 1.77 bits per heavy atom. The number of anilines is 1. The number of thiazole rings is 2. The van der Waals surface area contributed by atoms with Crippen LogP contribution >= 0.6 is 46.0 Å². The average Bonchev–Trinajstić information content (AvgIpc) is 3.70. The smallest absolute Gasteiger partial charge is 0.271 e. The molecule has 212 valence electrons. The van der Waals surface area contributed by atoms with E-state index < -0.39 is 6.04 Å². The third-order valence-corrected chi connectivity index (χ3v) is 10.1. The number of amides is 1. The molecule has 0 aliphatic carbocycles. The molecule has 0 saturated heterocycles. The molecule has 1 aliphatic rings. The summed E-state index contributed by atoms with van der Waals surface area (Å²) in [5, 5.41) is 4.19. The van der Waals surface area contributed by atoms with Crippen molar-refractivity contribution >= 4 is 73.9 Å². The lowest BCUT2D eigenvalue weighted by molar-refractivity contribution is -0.113. The lowest BCUT2D eigenvalue weighted by Gasteiger charge is -2.25. The van der Waals surface area contributed by atoms with Gasteiger partial charge in [-0.15, -0.1) is 11.3 Å². The highest BCUT2D eigenvalue weighted by molar-refractivity contribution is 8.01. The first-order chi connectivity index (χ1) is 20.9. The minimum Gasteiger partial charge on any atom is -0.450 e. The molecule has 0 spiro atoms. The number of benzene rings is 3. The lowest BCUT2D eigenvalue weighted by Crippen LogP contribution is -2.40. The molecule has 3 aromatic heterocycles. The quantitative estimate of drug-likeness (QED) is 0.214. The number of carbonyl (C=O) groups excluding carboxylic acids is 1. The van der Waals surface area contributed by atoms with Gasteiger partial charge in [-0.1, -0.05) is 65.4 Å². The van der Waals surface area contributed by atoms with Gasteiger partial charge < -0.3 is 9.73 Å². The summed E-state index contributed by atoms with van der Waals surface area (Å²) in [6, 6.07) is 27.4. The van der Waals surface area contributed by atoms with Gasteiger partial charge in [-0.3, -0.25) is 14.2 Å². The summed E-state index contributed by atoms with van der Waals surface area (Å²) in [6.45, 7) is 1.79. The Labute approximate surface area is 262 Å². The van der Waals surface area contributed by atoms with Gasteiger partial charge in [-0.05, 0) is 72.8 Å². The number of nitrogens with one attached hydrogen (secondary N) is 1. The van der Waals surface area contributed by atoms with Crippen LogP contribution in [0.1, 0.15) is 24.3 Å². The monoisotopic (exact) mass is 640 g/mol. The molecule has 7 nitrogen and oxygen atoms in total. The Balaban J connectivity index is 1.26. The van der Waals surface area contributed by atoms with E-state index in [1.165, 1.54) is 23.1 Å². The number of hydrogen-bond acceptors (Lipinski definition) is 8. The number of halogens is 1. The Morgan fingerprint density at radius 1 is 1.00 bits per heavy atom. The van der Waals surface area contributed by atoms with E-state index in [2.05, 4.69) is 10.3 Å². The van der Waals surface area contributed by atoms with Crippen molar-refractivity contribution in [2.24, 2.45) is 4.99 Å². The number of carbonyl (C=O) groups is 1. The number of para-hydroxylation sites is 2. The molecule has 0 fully saturated rings. The van der Waals surface area contributed by atoms with Crippen LogP contribution in [0.3, 0.4) is 0 Å². The SMILES string of the molecule is CC1=C(C(=O)Nc2ccccc2)[C@@H](c2ccc(Cl)cc2)n2c(s/c(=C\c3ccc(Sc4nc5ccccc5s4)o3)c2=O)=N1. The molecule has 3 aromatic carbocycles. The first-order valence-electron chi connectivity index (χ1n) is 13.2. The van der Waals surface area contributed by atoms with Crippen molar-refractivity contribution < 1.29 is 9.21 Å². The summed E-state index contributed by atoms with van der Waals surface area (Å²) < 4.78 is 10.1. The van der Waals surface area contributed by atoms with E-state index in [0.717, 1.165) is 20.1 Å². The van der Waals surface area contributed by atoms with E-state index in [-0.39, 0.29) is 11.5 Å². The van der Waals surface area contributed by atoms with Crippen molar-refractivity contribution in [3.05, 3.63) is 138 Å². The second-order valence-electron chi connectivity index (χ2n) is 9.66. The van der Waals surface area contributed by atoms with E-state index in [4.69, 9.17) is 21.0 Å². The fourth-order valence-electron chi connectivity index (χ4n) is 4.87. The highest BCUT2D eigenvalue weighted by Gasteiger charge is 2.32. The zero-order chi connectivity index (χ0) is 29.5. The van der Waals surface area contributed by atoms with Crippen molar-refractivity contribution in [3.8, 4) is 0 Å². The first kappa shape index (κ1) is 27.6. The highest BCUT2D eigenvalue weighted by atomic mass is 35.5. The van der Waals surface area contributed by atoms with Gasteiger partial charge in [0.25, 0.3) is 11.5 Å². The molecule has 1 atom stereocenters. The fourth-order valence-corrected chi connectivity index (χ4v) is 7.99. The lowest BCUT2D eigenvalue weighted by atomic mass is 9.95. The number of hydrogen-bond donors (Lipinski definition) is 1. The molecule has 11 heteroatoms. The van der Waals surface area contributed by atoms with Crippen molar-refractivity contribution in [2.75, 3.05) is 5.32 Å². The number of nitrogens with zero attached hydrogens (tertiary/aromatic N) is 3. The Bertz CT molecular complexity index is 2180. The fraction of sp³-hybridized carbons (Fsp3) is 0.0625. The highest BCUT2D eigenvalue weighted by Crippen LogP contribution is 2.35. The van der Waals surface area contributed by atoms with Crippen LogP contribution in [-0.4, -0.2) is 15.5 Å². The maximum absolute atomic E-state index is 13.9. The Kier molecular flexibility index (Phi) is 7.36. The van der Waals surface area contributed by atoms with Gasteiger partial charge in [0.15, 0.2) is 14.2 Å². The van der Waals surface area contributed by atoms with Gasteiger partial charge in [0.2, 0.25) is 0 Å². The molecule has 7 rings (SSSR count). The number of furan rings is 1. The Hall–Kier alpha value is -4.22. The molecule has 1 N–H and O–H groups in total. The molecule has 1 amide bonds. The van der Waals surface area contributed by atoms with Crippen molar-refractivity contribution in [1.82, 2.24) is 9.55 Å². The number of fused-ring (bicyclic) bond motifs is 2. The molecule has 0 unspecified atom stereocenters. The van der Waals surface area contributed by atoms with Gasteiger partial charge in [-0.25, -0.2) is 9.98 Å². The van der Waals surface area contributed by atoms with Gasteiger partial charge in [0.1, 0.15) is 5.76 Å². The van der Waals surface area contributed by atoms with E-state index in [1.54, 1.807) is 41.0 Å². The van der Waals surface area contributed by atoms with Crippen LogP contribution in [0.4, 0.5) is 5.69 Å².